The van der Waals surface area contributed by atoms with E-state index in [2.05, 4.69) is 20.9 Å². The van der Waals surface area contributed by atoms with Crippen molar-refractivity contribution in [2.24, 2.45) is 0 Å². The number of hydrogen-bond donors (Lipinski definition) is 1. The first-order chi connectivity index (χ1) is 7.25. The number of oxazole rings is 1. The number of halogens is 1. The lowest BCUT2D eigenvalue weighted by Crippen LogP contribution is -1.94. The van der Waals surface area contributed by atoms with Crippen LogP contribution in [-0.4, -0.2) is 4.98 Å². The molecule has 15 heavy (non-hydrogen) atoms. The van der Waals surface area contributed by atoms with Gasteiger partial charge in [0.1, 0.15) is 12.4 Å². The summed E-state index contributed by atoms with van der Waals surface area (Å²) in [6.45, 7) is 0.312. The summed E-state index contributed by atoms with van der Waals surface area (Å²) in [6, 6.07) is 7.74. The monoisotopic (exact) mass is 268 g/mol. The molecule has 0 saturated heterocycles. The second kappa shape index (κ2) is 4.35. The minimum atomic E-state index is 0.153. The van der Waals surface area contributed by atoms with E-state index >= 15 is 0 Å². The average Bonchev–Trinajstić information content (AvgIpc) is 2.63. The number of nitrogens with zero attached hydrogens (tertiary/aromatic N) is 1. The number of hydrogen-bond acceptors (Lipinski definition) is 4. The maximum atomic E-state index is 5.50. The Morgan fingerprint density at radius 1 is 1.40 bits per heavy atom. The summed E-state index contributed by atoms with van der Waals surface area (Å²) < 4.78 is 11.5. The molecule has 0 unspecified atom stereocenters. The van der Waals surface area contributed by atoms with Gasteiger partial charge in [-0.25, -0.2) is 4.98 Å². The van der Waals surface area contributed by atoms with Crippen molar-refractivity contribution in [1.82, 2.24) is 4.98 Å². The van der Waals surface area contributed by atoms with Gasteiger partial charge in [0.15, 0.2) is 5.76 Å². The molecule has 1 heterocycles. The highest BCUT2D eigenvalue weighted by Crippen LogP contribution is 2.24. The smallest absolute Gasteiger partial charge is 0.292 e. The first-order valence-corrected chi connectivity index (χ1v) is 5.12. The summed E-state index contributed by atoms with van der Waals surface area (Å²) in [5, 5.41) is 0. The molecule has 1 aromatic heterocycles. The highest BCUT2D eigenvalue weighted by atomic mass is 79.9. The molecule has 0 saturated carbocycles. The number of ether oxygens (including phenoxy) is 1. The van der Waals surface area contributed by atoms with Gasteiger partial charge in [-0.2, -0.15) is 0 Å². The van der Waals surface area contributed by atoms with Crippen LogP contribution in [0.1, 0.15) is 5.76 Å². The minimum absolute atomic E-state index is 0.153. The second-order valence-electron chi connectivity index (χ2n) is 2.88. The lowest BCUT2D eigenvalue weighted by molar-refractivity contribution is 0.271. The zero-order valence-corrected chi connectivity index (χ0v) is 9.40. The molecule has 2 aromatic rings. The van der Waals surface area contributed by atoms with Crippen molar-refractivity contribution in [2.45, 2.75) is 6.61 Å². The van der Waals surface area contributed by atoms with Crippen molar-refractivity contribution in [1.29, 1.82) is 0 Å². The van der Waals surface area contributed by atoms with Crippen molar-refractivity contribution in [3.05, 3.63) is 40.7 Å². The van der Waals surface area contributed by atoms with Gasteiger partial charge in [-0.15, -0.1) is 0 Å². The zero-order chi connectivity index (χ0) is 10.7. The molecule has 2 rings (SSSR count). The van der Waals surface area contributed by atoms with Gasteiger partial charge < -0.3 is 14.9 Å². The van der Waals surface area contributed by atoms with Gasteiger partial charge in [0.05, 0.1) is 10.7 Å². The third-order valence-electron chi connectivity index (χ3n) is 1.78. The van der Waals surface area contributed by atoms with Crippen LogP contribution < -0.4 is 10.5 Å². The Labute approximate surface area is 95.2 Å². The summed E-state index contributed by atoms with van der Waals surface area (Å²) in [4.78, 5) is 3.77. The molecular formula is C10H9BrN2O2. The highest BCUT2D eigenvalue weighted by molar-refractivity contribution is 9.10. The Bertz CT molecular complexity index is 456. The summed E-state index contributed by atoms with van der Waals surface area (Å²) >= 11 is 3.38. The van der Waals surface area contributed by atoms with Crippen molar-refractivity contribution in [3.8, 4) is 5.75 Å². The third-order valence-corrected chi connectivity index (χ3v) is 2.43. The van der Waals surface area contributed by atoms with Crippen LogP contribution in [0.25, 0.3) is 0 Å². The predicted octanol–water partition coefficient (Wildman–Crippen LogP) is 2.60. The van der Waals surface area contributed by atoms with Gasteiger partial charge in [0.25, 0.3) is 6.01 Å². The molecule has 0 bridgehead atoms. The van der Waals surface area contributed by atoms with Crippen LogP contribution in [0.3, 0.4) is 0 Å². The van der Waals surface area contributed by atoms with Crippen LogP contribution in [0.2, 0.25) is 0 Å². The van der Waals surface area contributed by atoms with Crippen LogP contribution in [0, 0.1) is 0 Å². The van der Waals surface area contributed by atoms with E-state index in [1.54, 1.807) is 6.20 Å². The lowest BCUT2D eigenvalue weighted by atomic mass is 10.3. The molecule has 0 aliphatic carbocycles. The first-order valence-electron chi connectivity index (χ1n) is 4.33. The van der Waals surface area contributed by atoms with E-state index in [9.17, 15) is 0 Å². The fraction of sp³-hybridized carbons (Fsp3) is 0.100. The molecule has 0 fully saturated rings. The summed E-state index contributed by atoms with van der Waals surface area (Å²) in [6.07, 6.45) is 1.55. The van der Waals surface area contributed by atoms with Gasteiger partial charge >= 0.3 is 0 Å². The maximum Gasteiger partial charge on any atom is 0.292 e. The molecule has 0 amide bonds. The number of nitrogen functional groups attached to an aromatic ring is 1. The highest BCUT2D eigenvalue weighted by Gasteiger charge is 2.03. The van der Waals surface area contributed by atoms with E-state index in [4.69, 9.17) is 14.9 Å². The number of anilines is 1. The van der Waals surface area contributed by atoms with Crippen LogP contribution in [0.4, 0.5) is 6.01 Å². The quantitative estimate of drug-likeness (QED) is 0.930. The van der Waals surface area contributed by atoms with Crippen molar-refractivity contribution in [3.63, 3.8) is 0 Å². The molecule has 0 aliphatic heterocycles. The molecule has 4 nitrogen and oxygen atoms in total. The Balaban J connectivity index is 2.02. The van der Waals surface area contributed by atoms with E-state index in [-0.39, 0.29) is 6.01 Å². The SMILES string of the molecule is Nc1ncc(COc2ccccc2Br)o1. The van der Waals surface area contributed by atoms with Crippen LogP contribution >= 0.6 is 15.9 Å². The van der Waals surface area contributed by atoms with E-state index in [1.165, 1.54) is 0 Å². The molecule has 5 heteroatoms. The Morgan fingerprint density at radius 3 is 2.87 bits per heavy atom. The van der Waals surface area contributed by atoms with E-state index in [0.717, 1.165) is 10.2 Å². The number of aromatic nitrogens is 1. The molecular weight excluding hydrogens is 260 g/mol. The molecule has 0 aliphatic rings. The third kappa shape index (κ3) is 2.50. The first kappa shape index (κ1) is 10.0. The van der Waals surface area contributed by atoms with Gasteiger partial charge in [-0.1, -0.05) is 12.1 Å². The van der Waals surface area contributed by atoms with E-state index < -0.39 is 0 Å². The molecule has 1 aromatic carbocycles. The Morgan fingerprint density at radius 2 is 2.20 bits per heavy atom. The molecule has 2 N–H and O–H groups in total. The van der Waals surface area contributed by atoms with E-state index in [0.29, 0.717) is 12.4 Å². The van der Waals surface area contributed by atoms with Crippen molar-refractivity contribution < 1.29 is 9.15 Å². The van der Waals surface area contributed by atoms with E-state index in [1.807, 2.05) is 24.3 Å². The summed E-state index contributed by atoms with van der Waals surface area (Å²) in [7, 11) is 0. The van der Waals surface area contributed by atoms with Gasteiger partial charge in [0.2, 0.25) is 0 Å². The fourth-order valence-corrected chi connectivity index (χ4v) is 1.50. The van der Waals surface area contributed by atoms with Crippen LogP contribution in [0.15, 0.2) is 39.4 Å². The zero-order valence-electron chi connectivity index (χ0n) is 7.81. The standard InChI is InChI=1S/C10H9BrN2O2/c11-8-3-1-2-4-9(8)14-6-7-5-13-10(12)15-7/h1-5H,6H2,(H2,12,13). The number of rotatable bonds is 3. The number of nitrogens with two attached hydrogens (primary N) is 1. The normalized spacial score (nSPS) is 10.2. The van der Waals surface area contributed by atoms with Crippen molar-refractivity contribution in [2.75, 3.05) is 5.73 Å². The fourth-order valence-electron chi connectivity index (χ4n) is 1.10. The van der Waals surface area contributed by atoms with Crippen molar-refractivity contribution >= 4 is 21.9 Å². The average molecular weight is 269 g/mol. The van der Waals surface area contributed by atoms with Gasteiger partial charge in [-0.3, -0.25) is 0 Å². The van der Waals surface area contributed by atoms with Crippen LogP contribution in [-0.2, 0) is 6.61 Å². The number of benzene rings is 1. The topological polar surface area (TPSA) is 61.3 Å². The molecule has 0 spiro atoms. The van der Waals surface area contributed by atoms with Crippen LogP contribution in [0.5, 0.6) is 5.75 Å². The summed E-state index contributed by atoms with van der Waals surface area (Å²) in [5.74, 6) is 1.36. The summed E-state index contributed by atoms with van der Waals surface area (Å²) in [5.41, 5.74) is 5.33. The predicted molar refractivity (Wildman–Crippen MR) is 59.4 cm³/mol. The lowest BCUT2D eigenvalue weighted by Gasteiger charge is -2.05. The minimum Gasteiger partial charge on any atom is -0.484 e. The van der Waals surface area contributed by atoms with Gasteiger partial charge in [0, 0.05) is 0 Å². The molecule has 78 valence electrons. The Hall–Kier alpha value is -1.49. The molecule has 0 radical (unpaired) electrons. The maximum absolute atomic E-state index is 5.50. The Kier molecular flexibility index (Phi) is 2.91. The largest absolute Gasteiger partial charge is 0.484 e. The second-order valence-corrected chi connectivity index (χ2v) is 3.74. The molecule has 0 atom stereocenters. The van der Waals surface area contributed by atoms with Gasteiger partial charge in [-0.05, 0) is 28.1 Å². The number of para-hydroxylation sites is 1.